The van der Waals surface area contributed by atoms with Gasteiger partial charge in [-0.1, -0.05) is 24.3 Å². The summed E-state index contributed by atoms with van der Waals surface area (Å²) in [5, 5.41) is 7.03. The predicted octanol–water partition coefficient (Wildman–Crippen LogP) is 1.25. The van der Waals surface area contributed by atoms with E-state index >= 15 is 0 Å². The van der Waals surface area contributed by atoms with Crippen LogP contribution in [-0.4, -0.2) is 33.0 Å². The van der Waals surface area contributed by atoms with Gasteiger partial charge >= 0.3 is 0 Å². The minimum atomic E-state index is -2.77. The van der Waals surface area contributed by atoms with Gasteiger partial charge in [-0.3, -0.25) is 0 Å². The van der Waals surface area contributed by atoms with E-state index in [4.69, 9.17) is 0 Å². The van der Waals surface area contributed by atoms with Crippen molar-refractivity contribution in [1.29, 1.82) is 0 Å². The van der Waals surface area contributed by atoms with Crippen LogP contribution in [0.3, 0.4) is 0 Å². The molecule has 0 aliphatic carbocycles. The summed E-state index contributed by atoms with van der Waals surface area (Å²) in [7, 11) is -2.77. The van der Waals surface area contributed by atoms with E-state index < -0.39 is 9.84 Å². The molecule has 2 unspecified atom stereocenters. The zero-order chi connectivity index (χ0) is 14.0. The highest BCUT2D eigenvalue weighted by Crippen LogP contribution is 2.25. The summed E-state index contributed by atoms with van der Waals surface area (Å²) < 4.78 is 23.0. The van der Waals surface area contributed by atoms with Gasteiger partial charge in [0, 0.05) is 12.6 Å². The van der Waals surface area contributed by atoms with Crippen molar-refractivity contribution >= 4 is 9.84 Å². The van der Waals surface area contributed by atoms with E-state index in [1.165, 1.54) is 11.1 Å². The standard InChI is InChI=1S/C15H22N2O2S/c18-20(19)8-6-12(11-20)9-17-15-5-7-16-10-13-3-1-2-4-14(13)15/h1-4,12,15-17H,5-11H2. The van der Waals surface area contributed by atoms with Crippen molar-refractivity contribution in [2.24, 2.45) is 5.92 Å². The first-order valence-corrected chi connectivity index (χ1v) is 9.18. The normalized spacial score (nSPS) is 28.8. The van der Waals surface area contributed by atoms with Crippen LogP contribution in [0.25, 0.3) is 0 Å². The van der Waals surface area contributed by atoms with Crippen LogP contribution in [0.2, 0.25) is 0 Å². The SMILES string of the molecule is O=S1(=O)CCC(CNC2CCNCc3ccccc32)C1. The highest BCUT2D eigenvalue weighted by molar-refractivity contribution is 7.91. The van der Waals surface area contributed by atoms with Gasteiger partial charge in [-0.15, -0.1) is 0 Å². The minimum absolute atomic E-state index is 0.281. The summed E-state index contributed by atoms with van der Waals surface area (Å²) in [6, 6.07) is 8.85. The fourth-order valence-electron chi connectivity index (χ4n) is 3.21. The Labute approximate surface area is 120 Å². The molecule has 0 saturated carbocycles. The number of sulfone groups is 1. The molecule has 0 amide bonds. The topological polar surface area (TPSA) is 58.2 Å². The van der Waals surface area contributed by atoms with Crippen molar-refractivity contribution in [2.45, 2.75) is 25.4 Å². The molecule has 4 nitrogen and oxygen atoms in total. The second kappa shape index (κ2) is 5.84. The third-order valence-electron chi connectivity index (χ3n) is 4.34. The quantitative estimate of drug-likeness (QED) is 0.881. The smallest absolute Gasteiger partial charge is 0.150 e. The maximum atomic E-state index is 11.5. The second-order valence-electron chi connectivity index (χ2n) is 5.89. The van der Waals surface area contributed by atoms with E-state index in [1.54, 1.807) is 0 Å². The number of hydrogen-bond acceptors (Lipinski definition) is 4. The summed E-state index contributed by atoms with van der Waals surface area (Å²) in [5.41, 5.74) is 2.71. The molecule has 2 aliphatic heterocycles. The molecule has 0 spiro atoms. The zero-order valence-electron chi connectivity index (χ0n) is 11.6. The highest BCUT2D eigenvalue weighted by Gasteiger charge is 2.28. The Bertz CT molecular complexity index is 571. The van der Waals surface area contributed by atoms with Crippen molar-refractivity contribution in [1.82, 2.24) is 10.6 Å². The molecule has 0 radical (unpaired) electrons. The van der Waals surface area contributed by atoms with Crippen LogP contribution >= 0.6 is 0 Å². The van der Waals surface area contributed by atoms with Gasteiger partial charge < -0.3 is 10.6 Å². The second-order valence-corrected chi connectivity index (χ2v) is 8.12. The fourth-order valence-corrected chi connectivity index (χ4v) is 5.08. The van der Waals surface area contributed by atoms with Gasteiger partial charge in [0.1, 0.15) is 0 Å². The molecule has 1 aromatic rings. The first-order chi connectivity index (χ1) is 9.64. The van der Waals surface area contributed by atoms with E-state index in [2.05, 4.69) is 34.9 Å². The Balaban J connectivity index is 1.66. The fraction of sp³-hybridized carbons (Fsp3) is 0.600. The number of benzene rings is 1. The van der Waals surface area contributed by atoms with Gasteiger partial charge in [0.25, 0.3) is 0 Å². The molecule has 5 heteroatoms. The van der Waals surface area contributed by atoms with E-state index in [0.717, 1.165) is 32.5 Å². The third kappa shape index (κ3) is 3.22. The van der Waals surface area contributed by atoms with Gasteiger partial charge in [-0.05, 0) is 43.0 Å². The molecule has 110 valence electrons. The third-order valence-corrected chi connectivity index (χ3v) is 6.17. The van der Waals surface area contributed by atoms with Crippen LogP contribution < -0.4 is 10.6 Å². The van der Waals surface area contributed by atoms with E-state index in [0.29, 0.717) is 17.5 Å². The molecule has 0 aromatic heterocycles. The van der Waals surface area contributed by atoms with Crippen molar-refractivity contribution in [3.8, 4) is 0 Å². The largest absolute Gasteiger partial charge is 0.313 e. The number of rotatable bonds is 3. The van der Waals surface area contributed by atoms with Crippen LogP contribution in [0.5, 0.6) is 0 Å². The minimum Gasteiger partial charge on any atom is -0.313 e. The lowest BCUT2D eigenvalue weighted by atomic mass is 9.98. The molecular formula is C15H22N2O2S. The molecule has 0 bridgehead atoms. The number of nitrogens with one attached hydrogen (secondary N) is 2. The summed E-state index contributed by atoms with van der Waals surface area (Å²) in [5.74, 6) is 0.998. The molecular weight excluding hydrogens is 272 g/mol. The van der Waals surface area contributed by atoms with Gasteiger partial charge in [0.05, 0.1) is 11.5 Å². The average Bonchev–Trinajstić information content (AvgIpc) is 2.67. The van der Waals surface area contributed by atoms with Crippen LogP contribution in [0, 0.1) is 5.92 Å². The number of fused-ring (bicyclic) bond motifs is 1. The molecule has 2 atom stereocenters. The first-order valence-electron chi connectivity index (χ1n) is 7.36. The molecule has 1 fully saturated rings. The lowest BCUT2D eigenvalue weighted by Crippen LogP contribution is -2.29. The Kier molecular flexibility index (Phi) is 4.10. The Morgan fingerprint density at radius 2 is 2.10 bits per heavy atom. The summed E-state index contributed by atoms with van der Waals surface area (Å²) in [6.07, 6.45) is 1.86. The van der Waals surface area contributed by atoms with Crippen molar-refractivity contribution < 1.29 is 8.42 Å². The lowest BCUT2D eigenvalue weighted by molar-refractivity contribution is 0.440. The summed E-state index contributed by atoms with van der Waals surface area (Å²) in [6.45, 7) is 2.72. The summed E-state index contributed by atoms with van der Waals surface area (Å²) >= 11 is 0. The number of hydrogen-bond donors (Lipinski definition) is 2. The Morgan fingerprint density at radius 3 is 2.90 bits per heavy atom. The van der Waals surface area contributed by atoms with E-state index in [9.17, 15) is 8.42 Å². The molecule has 2 heterocycles. The Morgan fingerprint density at radius 1 is 1.25 bits per heavy atom. The van der Waals surface area contributed by atoms with E-state index in [-0.39, 0.29) is 5.92 Å². The van der Waals surface area contributed by atoms with Crippen molar-refractivity contribution in [2.75, 3.05) is 24.6 Å². The van der Waals surface area contributed by atoms with E-state index in [1.807, 2.05) is 0 Å². The van der Waals surface area contributed by atoms with Crippen LogP contribution in [-0.2, 0) is 16.4 Å². The van der Waals surface area contributed by atoms with Gasteiger partial charge in [0.2, 0.25) is 0 Å². The maximum Gasteiger partial charge on any atom is 0.150 e. The predicted molar refractivity (Wildman–Crippen MR) is 80.3 cm³/mol. The van der Waals surface area contributed by atoms with Gasteiger partial charge in [0.15, 0.2) is 9.84 Å². The van der Waals surface area contributed by atoms with Gasteiger partial charge in [-0.2, -0.15) is 0 Å². The molecule has 2 N–H and O–H groups in total. The van der Waals surface area contributed by atoms with Crippen molar-refractivity contribution in [3.05, 3.63) is 35.4 Å². The lowest BCUT2D eigenvalue weighted by Gasteiger charge is -2.21. The maximum absolute atomic E-state index is 11.5. The van der Waals surface area contributed by atoms with Gasteiger partial charge in [-0.25, -0.2) is 8.42 Å². The van der Waals surface area contributed by atoms with Crippen LogP contribution in [0.4, 0.5) is 0 Å². The molecule has 20 heavy (non-hydrogen) atoms. The monoisotopic (exact) mass is 294 g/mol. The zero-order valence-corrected chi connectivity index (χ0v) is 12.5. The van der Waals surface area contributed by atoms with Crippen LogP contribution in [0.15, 0.2) is 24.3 Å². The highest BCUT2D eigenvalue weighted by atomic mass is 32.2. The molecule has 1 aromatic carbocycles. The first kappa shape index (κ1) is 14.0. The van der Waals surface area contributed by atoms with Crippen molar-refractivity contribution in [3.63, 3.8) is 0 Å². The van der Waals surface area contributed by atoms with Crippen LogP contribution in [0.1, 0.15) is 30.0 Å². The molecule has 2 aliphatic rings. The molecule has 1 saturated heterocycles. The molecule has 3 rings (SSSR count). The average molecular weight is 294 g/mol. The summed E-state index contributed by atoms with van der Waals surface area (Å²) in [4.78, 5) is 0. The Hall–Kier alpha value is -0.910.